The Kier molecular flexibility index (Phi) is 12.1. The van der Waals surface area contributed by atoms with Crippen molar-refractivity contribution in [2.45, 2.75) is 50.3 Å². The van der Waals surface area contributed by atoms with Crippen LogP contribution in [0.3, 0.4) is 0 Å². The first-order valence-electron chi connectivity index (χ1n) is 11.2. The summed E-state index contributed by atoms with van der Waals surface area (Å²) in [5.74, 6) is 1.26. The van der Waals surface area contributed by atoms with Gasteiger partial charge in [-0.2, -0.15) is 0 Å². The van der Waals surface area contributed by atoms with Gasteiger partial charge in [-0.3, -0.25) is 0 Å². The molecule has 2 aromatic carbocycles. The first-order valence-corrected chi connectivity index (χ1v) is 13.1. The number of hydrogen-bond donors (Lipinski definition) is 1. The third-order valence-electron chi connectivity index (χ3n) is 6.12. The average molecular weight is 502 g/mol. The Hall–Kier alpha value is -1.27. The molecule has 1 aliphatic heterocycles. The fourth-order valence-electron chi connectivity index (χ4n) is 4.16. The summed E-state index contributed by atoms with van der Waals surface area (Å²) >= 11 is 0. The Morgan fingerprint density at radius 1 is 1.03 bits per heavy atom. The van der Waals surface area contributed by atoms with Crippen molar-refractivity contribution in [3.63, 3.8) is 0 Å². The molecule has 0 aromatic heterocycles. The summed E-state index contributed by atoms with van der Waals surface area (Å²) < 4.78 is 23.2. The van der Waals surface area contributed by atoms with Crippen molar-refractivity contribution in [1.82, 2.24) is 4.90 Å². The van der Waals surface area contributed by atoms with Gasteiger partial charge in [-0.25, -0.2) is 8.42 Å². The summed E-state index contributed by atoms with van der Waals surface area (Å²) in [4.78, 5) is 2.99. The second kappa shape index (κ2) is 13.4. The monoisotopic (exact) mass is 500 g/mol. The van der Waals surface area contributed by atoms with Crippen molar-refractivity contribution in [1.29, 1.82) is 0 Å². The van der Waals surface area contributed by atoms with Crippen molar-refractivity contribution in [2.24, 2.45) is 5.92 Å². The number of hydrogen-bond acceptors (Lipinski definition) is 4. The van der Waals surface area contributed by atoms with Crippen LogP contribution in [0.2, 0.25) is 0 Å². The Bertz CT molecular complexity index is 910. The molecule has 7 heteroatoms. The number of sulfone groups is 1. The second-order valence-electron chi connectivity index (χ2n) is 8.97. The molecule has 2 aromatic rings. The number of halogens is 2. The van der Waals surface area contributed by atoms with Crippen LogP contribution in [0.15, 0.2) is 53.4 Å². The molecule has 0 bridgehead atoms. The number of anilines is 1. The fourth-order valence-corrected chi connectivity index (χ4v) is 4.79. The Balaban J connectivity index is 0.00000256. The molecule has 1 saturated heterocycles. The minimum Gasteiger partial charge on any atom is -0.385 e. The van der Waals surface area contributed by atoms with E-state index < -0.39 is 9.84 Å². The van der Waals surface area contributed by atoms with E-state index in [2.05, 4.69) is 48.3 Å². The van der Waals surface area contributed by atoms with Gasteiger partial charge >= 0.3 is 0 Å². The number of piperidine rings is 1. The van der Waals surface area contributed by atoms with E-state index in [1.165, 1.54) is 35.9 Å². The summed E-state index contributed by atoms with van der Waals surface area (Å²) in [5.41, 5.74) is 3.85. The van der Waals surface area contributed by atoms with E-state index in [4.69, 9.17) is 0 Å². The van der Waals surface area contributed by atoms with Gasteiger partial charge in [0.15, 0.2) is 9.84 Å². The maximum Gasteiger partial charge on any atom is 0.175 e. The molecule has 4 nitrogen and oxygen atoms in total. The van der Waals surface area contributed by atoms with Crippen molar-refractivity contribution in [3.05, 3.63) is 59.7 Å². The van der Waals surface area contributed by atoms with Gasteiger partial charge in [0.1, 0.15) is 0 Å². The molecule has 180 valence electrons. The normalized spacial score (nSPS) is 15.1. The second-order valence-corrected chi connectivity index (χ2v) is 11.0. The van der Waals surface area contributed by atoms with E-state index in [1.54, 1.807) is 12.1 Å². The highest BCUT2D eigenvalue weighted by Crippen LogP contribution is 2.23. The number of benzene rings is 2. The lowest BCUT2D eigenvalue weighted by Crippen LogP contribution is -2.35. The Labute approximate surface area is 206 Å². The van der Waals surface area contributed by atoms with Gasteiger partial charge in [-0.15, -0.1) is 24.8 Å². The van der Waals surface area contributed by atoms with Crippen LogP contribution in [0.4, 0.5) is 5.69 Å². The third-order valence-corrected chi connectivity index (χ3v) is 7.25. The van der Waals surface area contributed by atoms with Crippen LogP contribution in [0.25, 0.3) is 0 Å². The van der Waals surface area contributed by atoms with E-state index in [0.29, 0.717) is 16.7 Å². The molecule has 0 spiro atoms. The van der Waals surface area contributed by atoms with E-state index in [0.717, 1.165) is 39.0 Å². The molecular formula is C25H38Cl2N2O2S. The number of likely N-dealkylation sites (tertiary alicyclic amines) is 1. The van der Waals surface area contributed by atoms with Gasteiger partial charge in [0, 0.05) is 18.5 Å². The SMILES string of the molecule is CC(C)c1cccc(NCCCN2CCC(Cc3ccc(S(C)(=O)=O)cc3)CC2)c1.Cl.Cl. The highest BCUT2D eigenvalue weighted by Gasteiger charge is 2.19. The molecule has 0 amide bonds. The summed E-state index contributed by atoms with van der Waals surface area (Å²) in [6.45, 7) is 8.94. The number of rotatable bonds is 9. The summed E-state index contributed by atoms with van der Waals surface area (Å²) in [6.07, 6.45) is 5.90. The van der Waals surface area contributed by atoms with Gasteiger partial charge in [0.2, 0.25) is 0 Å². The highest BCUT2D eigenvalue weighted by molar-refractivity contribution is 7.90. The zero-order valence-electron chi connectivity index (χ0n) is 19.4. The lowest BCUT2D eigenvalue weighted by Gasteiger charge is -2.32. The quantitative estimate of drug-likeness (QED) is 0.441. The fraction of sp³-hybridized carbons (Fsp3) is 0.520. The van der Waals surface area contributed by atoms with Crippen LogP contribution in [-0.4, -0.2) is 45.8 Å². The van der Waals surface area contributed by atoms with Gasteiger partial charge in [-0.1, -0.05) is 38.1 Å². The topological polar surface area (TPSA) is 49.4 Å². The third kappa shape index (κ3) is 8.93. The number of nitrogens with one attached hydrogen (secondary N) is 1. The van der Waals surface area contributed by atoms with E-state index in [-0.39, 0.29) is 24.8 Å². The van der Waals surface area contributed by atoms with Crippen molar-refractivity contribution in [3.8, 4) is 0 Å². The lowest BCUT2D eigenvalue weighted by atomic mass is 9.90. The standard InChI is InChI=1S/C25H36N2O2S.2ClH/c1-20(2)23-6-4-7-24(19-23)26-14-5-15-27-16-12-22(13-17-27)18-21-8-10-25(11-9-21)30(3,28)29;;/h4,6-11,19-20,22,26H,5,12-18H2,1-3H3;2*1H. The maximum absolute atomic E-state index is 11.6. The van der Waals surface area contributed by atoms with Gasteiger partial charge in [0.25, 0.3) is 0 Å². The Morgan fingerprint density at radius 2 is 1.69 bits per heavy atom. The lowest BCUT2D eigenvalue weighted by molar-refractivity contribution is 0.183. The smallest absolute Gasteiger partial charge is 0.175 e. The largest absolute Gasteiger partial charge is 0.385 e. The molecule has 0 radical (unpaired) electrons. The Morgan fingerprint density at radius 3 is 2.28 bits per heavy atom. The predicted molar refractivity (Wildman–Crippen MR) is 141 cm³/mol. The molecule has 32 heavy (non-hydrogen) atoms. The zero-order valence-corrected chi connectivity index (χ0v) is 21.9. The highest BCUT2D eigenvalue weighted by atomic mass is 35.5. The molecule has 3 rings (SSSR count). The van der Waals surface area contributed by atoms with Crippen LogP contribution in [0.1, 0.15) is 50.2 Å². The zero-order chi connectivity index (χ0) is 21.6. The van der Waals surface area contributed by atoms with Gasteiger partial charge in [-0.05, 0) is 92.5 Å². The molecule has 1 aliphatic rings. The predicted octanol–water partition coefficient (Wildman–Crippen LogP) is 5.81. The average Bonchev–Trinajstić information content (AvgIpc) is 2.72. The van der Waals surface area contributed by atoms with E-state index in [9.17, 15) is 8.42 Å². The van der Waals surface area contributed by atoms with Crippen LogP contribution >= 0.6 is 24.8 Å². The molecule has 0 atom stereocenters. The summed E-state index contributed by atoms with van der Waals surface area (Å²) in [7, 11) is -3.11. The van der Waals surface area contributed by atoms with E-state index >= 15 is 0 Å². The van der Waals surface area contributed by atoms with Crippen LogP contribution in [-0.2, 0) is 16.3 Å². The molecule has 1 heterocycles. The van der Waals surface area contributed by atoms with Crippen LogP contribution in [0.5, 0.6) is 0 Å². The molecule has 0 aliphatic carbocycles. The number of nitrogens with zero attached hydrogens (tertiary/aromatic N) is 1. The van der Waals surface area contributed by atoms with Crippen LogP contribution < -0.4 is 5.32 Å². The molecular weight excluding hydrogens is 463 g/mol. The van der Waals surface area contributed by atoms with Crippen molar-refractivity contribution >= 4 is 40.3 Å². The van der Waals surface area contributed by atoms with Crippen molar-refractivity contribution < 1.29 is 8.42 Å². The molecule has 1 N–H and O–H groups in total. The van der Waals surface area contributed by atoms with Gasteiger partial charge < -0.3 is 10.2 Å². The molecule has 0 saturated carbocycles. The first kappa shape index (κ1) is 28.8. The molecule has 0 unspecified atom stereocenters. The van der Waals surface area contributed by atoms with E-state index in [1.807, 2.05) is 12.1 Å². The molecule has 1 fully saturated rings. The van der Waals surface area contributed by atoms with Gasteiger partial charge in [0.05, 0.1) is 4.90 Å². The summed E-state index contributed by atoms with van der Waals surface area (Å²) in [6, 6.07) is 16.2. The minimum atomic E-state index is -3.11. The summed E-state index contributed by atoms with van der Waals surface area (Å²) in [5, 5.41) is 3.57. The minimum absolute atomic E-state index is 0. The maximum atomic E-state index is 11.6. The first-order chi connectivity index (χ1) is 14.3. The van der Waals surface area contributed by atoms with Crippen LogP contribution in [0, 0.1) is 5.92 Å². The van der Waals surface area contributed by atoms with Crippen molar-refractivity contribution in [2.75, 3.05) is 37.8 Å².